The third kappa shape index (κ3) is 10.7. The van der Waals surface area contributed by atoms with Crippen LogP contribution in [0, 0.1) is 5.92 Å². The molecule has 2 aliphatic rings. The summed E-state index contributed by atoms with van der Waals surface area (Å²) in [6.07, 6.45) is 3.32. The van der Waals surface area contributed by atoms with Crippen molar-refractivity contribution in [3.8, 4) is 11.5 Å². The first-order chi connectivity index (χ1) is 26.6. The van der Waals surface area contributed by atoms with Gasteiger partial charge in [-0.05, 0) is 131 Å². The second kappa shape index (κ2) is 18.4. The molecule has 0 bridgehead atoms. The summed E-state index contributed by atoms with van der Waals surface area (Å²) in [6, 6.07) is 19.1. The van der Waals surface area contributed by atoms with Gasteiger partial charge in [0.1, 0.15) is 12.1 Å². The molecule has 1 heterocycles. The number of carbonyl (C=O) groups is 4. The van der Waals surface area contributed by atoms with Crippen LogP contribution in [0.2, 0.25) is 5.02 Å². The van der Waals surface area contributed by atoms with E-state index in [0.29, 0.717) is 22.4 Å². The number of fused-ring (bicyclic) bond motifs is 1. The Kier molecular flexibility index (Phi) is 14.0. The standard InChI is InChI=1S/C44H56ClN3O8/c1-28(2)55-38-25-36-31(23-37(38)53-7)24-40(50)48(43(36)30-11-13-32(45)14-12-30)35-19-17-33(18-20-35)46(6)26-29-9-15-34(16-10-29)47(27-42(52)54-8)39(49)21-22-41(51)56-44(3,4)5/h11-14,17-20,23,25,28-29,34,43H,9-10,15-16,21-22,24,26-27H2,1-8H3/t29?,34?,43-/m0/s1. The summed E-state index contributed by atoms with van der Waals surface area (Å²) >= 11 is 6.30. The number of halogens is 1. The van der Waals surface area contributed by atoms with E-state index in [9.17, 15) is 19.2 Å². The first-order valence-electron chi connectivity index (χ1n) is 19.4. The quantitative estimate of drug-likeness (QED) is 0.150. The molecule has 0 spiro atoms. The Labute approximate surface area is 336 Å². The maximum absolute atomic E-state index is 14.0. The van der Waals surface area contributed by atoms with Gasteiger partial charge in [0.15, 0.2) is 11.5 Å². The van der Waals surface area contributed by atoms with Crippen molar-refractivity contribution in [3.63, 3.8) is 0 Å². The number of hydrogen-bond acceptors (Lipinski definition) is 9. The van der Waals surface area contributed by atoms with Crippen LogP contribution < -0.4 is 19.3 Å². The highest BCUT2D eigenvalue weighted by Gasteiger charge is 2.37. The Bertz CT molecular complexity index is 1850. The topological polar surface area (TPSA) is 115 Å². The molecule has 56 heavy (non-hydrogen) atoms. The maximum atomic E-state index is 14.0. The van der Waals surface area contributed by atoms with Crippen LogP contribution in [0.25, 0.3) is 0 Å². The Hall–Kier alpha value is -4.77. The number of amides is 2. The molecule has 1 saturated carbocycles. The fraction of sp³-hybridized carbons (Fsp3) is 0.500. The molecule has 302 valence electrons. The second-order valence-electron chi connectivity index (χ2n) is 16.0. The summed E-state index contributed by atoms with van der Waals surface area (Å²) < 4.78 is 22.1. The predicted octanol–water partition coefficient (Wildman–Crippen LogP) is 7.93. The molecule has 12 heteroatoms. The normalized spacial score (nSPS) is 18.2. The summed E-state index contributed by atoms with van der Waals surface area (Å²) in [5.41, 5.74) is 3.95. The first-order valence-corrected chi connectivity index (χ1v) is 19.8. The minimum atomic E-state index is -0.636. The van der Waals surface area contributed by atoms with Gasteiger partial charge < -0.3 is 33.6 Å². The second-order valence-corrected chi connectivity index (χ2v) is 16.5. The molecule has 5 rings (SSSR count). The van der Waals surface area contributed by atoms with Crippen LogP contribution in [0.5, 0.6) is 11.5 Å². The Morgan fingerprint density at radius 3 is 2.14 bits per heavy atom. The minimum Gasteiger partial charge on any atom is -0.493 e. The molecule has 3 aromatic carbocycles. The van der Waals surface area contributed by atoms with Crippen molar-refractivity contribution in [2.75, 3.05) is 44.2 Å². The van der Waals surface area contributed by atoms with E-state index in [0.717, 1.165) is 60.3 Å². The number of carbonyl (C=O) groups excluding carboxylic acids is 4. The van der Waals surface area contributed by atoms with Crippen LogP contribution in [0.3, 0.4) is 0 Å². The Morgan fingerprint density at radius 1 is 0.893 bits per heavy atom. The minimum absolute atomic E-state index is 0.0249. The van der Waals surface area contributed by atoms with E-state index >= 15 is 0 Å². The van der Waals surface area contributed by atoms with Crippen molar-refractivity contribution in [3.05, 3.63) is 82.4 Å². The number of esters is 2. The molecule has 3 aromatic rings. The highest BCUT2D eigenvalue weighted by atomic mass is 35.5. The van der Waals surface area contributed by atoms with Gasteiger partial charge in [-0.3, -0.25) is 19.2 Å². The van der Waals surface area contributed by atoms with Crippen LogP contribution in [0.1, 0.15) is 95.9 Å². The molecule has 0 radical (unpaired) electrons. The first kappa shape index (κ1) is 42.4. The molecule has 2 amide bonds. The lowest BCUT2D eigenvalue weighted by Crippen LogP contribution is -2.46. The van der Waals surface area contributed by atoms with Gasteiger partial charge in [-0.25, -0.2) is 0 Å². The molecule has 1 fully saturated rings. The van der Waals surface area contributed by atoms with Gasteiger partial charge in [0.2, 0.25) is 11.8 Å². The maximum Gasteiger partial charge on any atom is 0.325 e. The molecule has 0 aromatic heterocycles. The van der Waals surface area contributed by atoms with Crippen molar-refractivity contribution >= 4 is 46.7 Å². The zero-order chi connectivity index (χ0) is 40.7. The number of hydrogen-bond donors (Lipinski definition) is 0. The molecular weight excluding hydrogens is 734 g/mol. The summed E-state index contributed by atoms with van der Waals surface area (Å²) in [6.45, 7) is 9.96. The van der Waals surface area contributed by atoms with E-state index in [2.05, 4.69) is 11.9 Å². The van der Waals surface area contributed by atoms with Gasteiger partial charge in [0.25, 0.3) is 0 Å². The lowest BCUT2D eigenvalue weighted by atomic mass is 9.84. The fourth-order valence-corrected chi connectivity index (χ4v) is 7.82. The van der Waals surface area contributed by atoms with Crippen molar-refractivity contribution in [2.24, 2.45) is 5.92 Å². The number of methoxy groups -OCH3 is 2. The third-order valence-corrected chi connectivity index (χ3v) is 10.6. The smallest absolute Gasteiger partial charge is 0.325 e. The Morgan fingerprint density at radius 2 is 1.55 bits per heavy atom. The molecule has 0 N–H and O–H groups in total. The highest BCUT2D eigenvalue weighted by molar-refractivity contribution is 6.30. The van der Waals surface area contributed by atoms with E-state index in [1.54, 1.807) is 32.8 Å². The van der Waals surface area contributed by atoms with Gasteiger partial charge in [0.05, 0.1) is 39.2 Å². The molecule has 1 aliphatic carbocycles. The van der Waals surface area contributed by atoms with Crippen molar-refractivity contribution in [2.45, 2.75) is 103 Å². The van der Waals surface area contributed by atoms with E-state index in [-0.39, 0.29) is 49.8 Å². The van der Waals surface area contributed by atoms with Crippen LogP contribution in [-0.4, -0.2) is 80.8 Å². The van der Waals surface area contributed by atoms with E-state index in [4.69, 9.17) is 30.5 Å². The van der Waals surface area contributed by atoms with E-state index in [1.807, 2.05) is 79.4 Å². The van der Waals surface area contributed by atoms with Crippen molar-refractivity contribution < 1.29 is 38.1 Å². The number of benzene rings is 3. The Balaban J connectivity index is 1.28. The van der Waals surface area contributed by atoms with Crippen LogP contribution >= 0.6 is 11.6 Å². The zero-order valence-electron chi connectivity index (χ0n) is 33.9. The van der Waals surface area contributed by atoms with Gasteiger partial charge in [-0.1, -0.05) is 23.7 Å². The van der Waals surface area contributed by atoms with E-state index < -0.39 is 23.6 Å². The SMILES string of the molecule is COC(=O)CN(C(=O)CCC(=O)OC(C)(C)C)C1CCC(CN(C)c2ccc(N3C(=O)Cc4cc(OC)c(OC(C)C)cc4[C@@H]3c3ccc(Cl)cc3)cc2)CC1. The molecule has 1 aliphatic heterocycles. The van der Waals surface area contributed by atoms with Crippen molar-refractivity contribution in [1.82, 2.24) is 4.90 Å². The summed E-state index contributed by atoms with van der Waals surface area (Å²) in [7, 11) is 4.98. The number of anilines is 2. The van der Waals surface area contributed by atoms with Gasteiger partial charge in [0, 0.05) is 42.5 Å². The largest absolute Gasteiger partial charge is 0.493 e. The average molecular weight is 790 g/mol. The lowest BCUT2D eigenvalue weighted by molar-refractivity contribution is -0.157. The van der Waals surface area contributed by atoms with Gasteiger partial charge in [-0.15, -0.1) is 0 Å². The van der Waals surface area contributed by atoms with Crippen LogP contribution in [0.4, 0.5) is 11.4 Å². The predicted molar refractivity (Wildman–Crippen MR) is 218 cm³/mol. The highest BCUT2D eigenvalue weighted by Crippen LogP contribution is 2.44. The van der Waals surface area contributed by atoms with Gasteiger partial charge >= 0.3 is 11.9 Å². The third-order valence-electron chi connectivity index (χ3n) is 10.3. The number of rotatable bonds is 14. The molecule has 11 nitrogen and oxygen atoms in total. The molecule has 1 atom stereocenters. The summed E-state index contributed by atoms with van der Waals surface area (Å²) in [5, 5.41) is 0.615. The zero-order valence-corrected chi connectivity index (χ0v) is 34.7. The number of ether oxygens (including phenoxy) is 4. The van der Waals surface area contributed by atoms with Crippen LogP contribution in [0.15, 0.2) is 60.7 Å². The summed E-state index contributed by atoms with van der Waals surface area (Å²) in [5.74, 6) is 0.393. The lowest BCUT2D eigenvalue weighted by Gasteiger charge is -2.39. The van der Waals surface area contributed by atoms with Crippen molar-refractivity contribution in [1.29, 1.82) is 0 Å². The summed E-state index contributed by atoms with van der Waals surface area (Å²) in [4.78, 5) is 57.5. The van der Waals surface area contributed by atoms with Gasteiger partial charge in [-0.2, -0.15) is 0 Å². The fourth-order valence-electron chi connectivity index (χ4n) is 7.70. The molecule has 0 saturated heterocycles. The van der Waals surface area contributed by atoms with E-state index in [1.165, 1.54) is 7.11 Å². The van der Waals surface area contributed by atoms with Crippen LogP contribution in [-0.2, 0) is 35.1 Å². The average Bonchev–Trinajstić information content (AvgIpc) is 3.15. The monoisotopic (exact) mass is 789 g/mol. The number of nitrogens with zero attached hydrogens (tertiary/aromatic N) is 3. The molecule has 0 unspecified atom stereocenters. The molecular formula is C44H56ClN3O8.